The maximum atomic E-state index is 12.5. The Bertz CT molecular complexity index is 802. The summed E-state index contributed by atoms with van der Waals surface area (Å²) in [7, 11) is 0. The van der Waals surface area contributed by atoms with E-state index in [0.29, 0.717) is 17.0 Å². The van der Waals surface area contributed by atoms with Crippen LogP contribution in [-0.2, 0) is 4.79 Å². The van der Waals surface area contributed by atoms with Crippen molar-refractivity contribution in [2.24, 2.45) is 0 Å². The summed E-state index contributed by atoms with van der Waals surface area (Å²) in [5.74, 6) is -0.144. The molecule has 2 amide bonds. The van der Waals surface area contributed by atoms with E-state index in [-0.39, 0.29) is 17.9 Å². The minimum Gasteiger partial charge on any atom is -0.347 e. The van der Waals surface area contributed by atoms with Crippen LogP contribution in [0.4, 0.5) is 5.69 Å². The number of rotatable bonds is 4. The summed E-state index contributed by atoms with van der Waals surface area (Å²) < 4.78 is 0. The number of carbonyl (C=O) groups is 2. The van der Waals surface area contributed by atoms with Gasteiger partial charge in [0.05, 0.1) is 6.20 Å². The second-order valence-corrected chi connectivity index (χ2v) is 7.68. The first-order chi connectivity index (χ1) is 12.1. The fourth-order valence-corrected chi connectivity index (χ4v) is 4.46. The molecule has 3 atom stereocenters. The molecular weight excluding hydrogens is 336 g/mol. The van der Waals surface area contributed by atoms with Crippen molar-refractivity contribution in [3.8, 4) is 10.6 Å². The van der Waals surface area contributed by atoms with Gasteiger partial charge in [-0.25, -0.2) is 4.98 Å². The fourth-order valence-electron chi connectivity index (χ4n) is 3.64. The monoisotopic (exact) mass is 356 g/mol. The Morgan fingerprint density at radius 1 is 1.24 bits per heavy atom. The van der Waals surface area contributed by atoms with Crippen molar-refractivity contribution in [1.29, 1.82) is 0 Å². The SMILES string of the molecule is CC(=O)Nc1ccc(-c2ncc(C(=O)N[C@@H]3C[C@H]4CC[C@@H]3N4)s2)cc1. The minimum absolute atomic E-state index is 0.0435. The molecule has 0 radical (unpaired) electrons. The van der Waals surface area contributed by atoms with Crippen molar-refractivity contribution < 1.29 is 9.59 Å². The van der Waals surface area contributed by atoms with Crippen molar-refractivity contribution in [2.75, 3.05) is 5.32 Å². The summed E-state index contributed by atoms with van der Waals surface area (Å²) in [6.07, 6.45) is 5.02. The quantitative estimate of drug-likeness (QED) is 0.785. The molecule has 6 nitrogen and oxygen atoms in total. The summed E-state index contributed by atoms with van der Waals surface area (Å²) in [6, 6.07) is 8.67. The molecule has 0 unspecified atom stereocenters. The first-order valence-electron chi connectivity index (χ1n) is 8.49. The van der Waals surface area contributed by atoms with E-state index in [4.69, 9.17) is 0 Å². The number of amides is 2. The highest BCUT2D eigenvalue weighted by atomic mass is 32.1. The second-order valence-electron chi connectivity index (χ2n) is 6.65. The van der Waals surface area contributed by atoms with Gasteiger partial charge in [0.25, 0.3) is 5.91 Å². The van der Waals surface area contributed by atoms with Gasteiger partial charge in [-0.15, -0.1) is 11.3 Å². The van der Waals surface area contributed by atoms with Crippen LogP contribution >= 0.6 is 11.3 Å². The topological polar surface area (TPSA) is 83.1 Å². The molecule has 3 N–H and O–H groups in total. The zero-order valence-corrected chi connectivity index (χ0v) is 14.7. The highest BCUT2D eigenvalue weighted by Crippen LogP contribution is 2.30. The maximum Gasteiger partial charge on any atom is 0.263 e. The predicted molar refractivity (Wildman–Crippen MR) is 97.7 cm³/mol. The number of fused-ring (bicyclic) bond motifs is 2. The van der Waals surface area contributed by atoms with Gasteiger partial charge in [0.1, 0.15) is 9.88 Å². The molecule has 2 saturated heterocycles. The number of carbonyl (C=O) groups excluding carboxylic acids is 2. The summed E-state index contributed by atoms with van der Waals surface area (Å²) in [5.41, 5.74) is 1.68. The fraction of sp³-hybridized carbons (Fsp3) is 0.389. The standard InChI is InChI=1S/C18H20N4O2S/c1-10(23)20-12-4-2-11(3-5-12)18-19-9-16(25-18)17(24)22-15-8-13-6-7-14(15)21-13/h2-5,9,13-15,21H,6-8H2,1H3,(H,20,23)(H,22,24)/t13-,14+,15-/m1/s1. The van der Waals surface area contributed by atoms with E-state index in [9.17, 15) is 9.59 Å². The summed E-state index contributed by atoms with van der Waals surface area (Å²) in [6.45, 7) is 1.48. The van der Waals surface area contributed by atoms with Crippen LogP contribution in [0.5, 0.6) is 0 Å². The molecule has 7 heteroatoms. The van der Waals surface area contributed by atoms with E-state index in [0.717, 1.165) is 29.1 Å². The lowest BCUT2D eigenvalue weighted by atomic mass is 9.95. The van der Waals surface area contributed by atoms with Crippen LogP contribution in [0.3, 0.4) is 0 Å². The Kier molecular flexibility index (Phi) is 4.27. The van der Waals surface area contributed by atoms with E-state index in [1.54, 1.807) is 6.20 Å². The Morgan fingerprint density at radius 2 is 2.04 bits per heavy atom. The van der Waals surface area contributed by atoms with Crippen molar-refractivity contribution in [3.63, 3.8) is 0 Å². The number of thiazole rings is 1. The van der Waals surface area contributed by atoms with Crippen LogP contribution in [-0.4, -0.2) is 34.9 Å². The molecule has 25 heavy (non-hydrogen) atoms. The molecule has 130 valence electrons. The molecule has 1 aromatic carbocycles. The Hall–Kier alpha value is -2.25. The van der Waals surface area contributed by atoms with Gasteiger partial charge < -0.3 is 16.0 Å². The molecule has 2 bridgehead atoms. The highest BCUT2D eigenvalue weighted by Gasteiger charge is 2.39. The van der Waals surface area contributed by atoms with Crippen LogP contribution < -0.4 is 16.0 Å². The third-order valence-corrected chi connectivity index (χ3v) is 5.84. The molecule has 1 aromatic heterocycles. The number of benzene rings is 1. The average Bonchev–Trinajstić information content (AvgIpc) is 3.31. The molecule has 0 saturated carbocycles. The van der Waals surface area contributed by atoms with E-state index in [1.807, 2.05) is 24.3 Å². The van der Waals surface area contributed by atoms with E-state index >= 15 is 0 Å². The normalized spacial score (nSPS) is 24.3. The smallest absolute Gasteiger partial charge is 0.263 e. The van der Waals surface area contributed by atoms with Gasteiger partial charge in [-0.2, -0.15) is 0 Å². The zero-order chi connectivity index (χ0) is 17.4. The van der Waals surface area contributed by atoms with Crippen molar-refractivity contribution in [1.82, 2.24) is 15.6 Å². The van der Waals surface area contributed by atoms with Gasteiger partial charge >= 0.3 is 0 Å². The summed E-state index contributed by atoms with van der Waals surface area (Å²) in [5, 5.41) is 10.2. The number of anilines is 1. The molecule has 0 spiro atoms. The molecule has 2 fully saturated rings. The average molecular weight is 356 g/mol. The van der Waals surface area contributed by atoms with E-state index in [1.165, 1.54) is 24.7 Å². The van der Waals surface area contributed by atoms with Crippen molar-refractivity contribution >= 4 is 28.8 Å². The third-order valence-electron chi connectivity index (χ3n) is 4.80. The Morgan fingerprint density at radius 3 is 2.68 bits per heavy atom. The first kappa shape index (κ1) is 16.2. The van der Waals surface area contributed by atoms with Gasteiger partial charge in [0.2, 0.25) is 5.91 Å². The van der Waals surface area contributed by atoms with E-state index < -0.39 is 0 Å². The van der Waals surface area contributed by atoms with Crippen LogP contribution in [0, 0.1) is 0 Å². The van der Waals surface area contributed by atoms with Crippen molar-refractivity contribution in [3.05, 3.63) is 35.3 Å². The lowest BCUT2D eigenvalue weighted by Crippen LogP contribution is -2.42. The largest absolute Gasteiger partial charge is 0.347 e. The van der Waals surface area contributed by atoms with Crippen LogP contribution in [0.2, 0.25) is 0 Å². The summed E-state index contributed by atoms with van der Waals surface area (Å²) >= 11 is 1.39. The number of nitrogens with one attached hydrogen (secondary N) is 3. The second kappa shape index (κ2) is 6.57. The van der Waals surface area contributed by atoms with Crippen LogP contribution in [0.25, 0.3) is 10.6 Å². The summed E-state index contributed by atoms with van der Waals surface area (Å²) in [4.78, 5) is 28.6. The van der Waals surface area contributed by atoms with Gasteiger partial charge in [-0.3, -0.25) is 9.59 Å². The van der Waals surface area contributed by atoms with Gasteiger partial charge in [0, 0.05) is 36.3 Å². The zero-order valence-electron chi connectivity index (χ0n) is 13.9. The van der Waals surface area contributed by atoms with Crippen LogP contribution in [0.1, 0.15) is 35.9 Å². The third kappa shape index (κ3) is 3.43. The lowest BCUT2D eigenvalue weighted by Gasteiger charge is -2.20. The molecular formula is C18H20N4O2S. The lowest BCUT2D eigenvalue weighted by molar-refractivity contribution is -0.114. The minimum atomic E-state index is -0.101. The van der Waals surface area contributed by atoms with E-state index in [2.05, 4.69) is 20.9 Å². The Labute approximate surface area is 150 Å². The molecule has 0 aliphatic carbocycles. The molecule has 2 aromatic rings. The van der Waals surface area contributed by atoms with Crippen LogP contribution in [0.15, 0.2) is 30.5 Å². The number of nitrogens with zero attached hydrogens (tertiary/aromatic N) is 1. The molecule has 3 heterocycles. The van der Waals surface area contributed by atoms with Gasteiger partial charge in [-0.1, -0.05) is 0 Å². The predicted octanol–water partition coefficient (Wildman–Crippen LogP) is 2.39. The first-order valence-corrected chi connectivity index (χ1v) is 9.31. The van der Waals surface area contributed by atoms with Crippen molar-refractivity contribution in [2.45, 2.75) is 44.3 Å². The van der Waals surface area contributed by atoms with Gasteiger partial charge in [0.15, 0.2) is 0 Å². The number of hydrogen-bond acceptors (Lipinski definition) is 5. The number of aromatic nitrogens is 1. The molecule has 2 aliphatic rings. The maximum absolute atomic E-state index is 12.5. The highest BCUT2D eigenvalue weighted by molar-refractivity contribution is 7.16. The molecule has 2 aliphatic heterocycles. The number of hydrogen-bond donors (Lipinski definition) is 3. The molecule has 4 rings (SSSR count). The Balaban J connectivity index is 1.42. The van der Waals surface area contributed by atoms with Gasteiger partial charge in [-0.05, 0) is 43.5 Å².